The highest BCUT2D eigenvalue weighted by Gasteiger charge is 2.16. The Bertz CT molecular complexity index is 3750. The lowest BCUT2D eigenvalue weighted by Gasteiger charge is -2.18. The molecule has 0 aliphatic heterocycles. The number of hydrogen-bond acceptors (Lipinski definition) is 12. The number of benzene rings is 6. The third-order valence-electron chi connectivity index (χ3n) is 10.7. The Kier molecular flexibility index (Phi) is 14.3. The van der Waals surface area contributed by atoms with Crippen LogP contribution in [0, 0.1) is 0 Å². The molecule has 0 aliphatic carbocycles. The molecule has 0 radical (unpaired) electrons. The molecule has 6 nitrogen and oxygen atoms in total. The van der Waals surface area contributed by atoms with Crippen molar-refractivity contribution in [3.05, 3.63) is 201 Å². The summed E-state index contributed by atoms with van der Waals surface area (Å²) < 4.78 is 2.24. The van der Waals surface area contributed by atoms with E-state index >= 15 is 0 Å². The number of rotatable bonds is 0. The molecular formula is C54H48O6S6. The quantitative estimate of drug-likeness (QED) is 0.150. The van der Waals surface area contributed by atoms with Gasteiger partial charge in [0.2, 0.25) is 28.5 Å². The van der Waals surface area contributed by atoms with E-state index in [0.29, 0.717) is 60.5 Å². The van der Waals surface area contributed by atoms with E-state index in [9.17, 15) is 28.8 Å². The van der Waals surface area contributed by atoms with Gasteiger partial charge in [-0.3, -0.25) is 28.8 Å². The number of hydrogen-bond donors (Lipinski definition) is 0. The Morgan fingerprint density at radius 3 is 0.576 bits per heavy atom. The lowest BCUT2D eigenvalue weighted by molar-refractivity contribution is 0.591. The largest absolute Gasteiger partial charge is 0.277 e. The summed E-state index contributed by atoms with van der Waals surface area (Å²) in [6, 6.07) is 36.9. The molecular weight excluding hydrogens is 937 g/mol. The molecule has 10 rings (SSSR count). The van der Waals surface area contributed by atoms with E-state index in [1.165, 1.54) is 0 Å². The molecule has 0 unspecified atom stereocenters. The SMILES string of the molecule is CC(C)(C)c1ccc2sc(=O)c3ccc(cc3)c(=O)sc3ccc(C(C)(C)C)cc3sc(=O)c3ccc(cc3)c(=O)sc3cc(C(C)(C)C)ccc3sc(=O)c3ccc(cc3)c(=O)sc2c1. The van der Waals surface area contributed by atoms with Gasteiger partial charge in [0.05, 0.1) is 0 Å². The lowest BCUT2D eigenvalue weighted by Crippen LogP contribution is -2.10. The standard InChI is InChI=1S/C54H48O6S6/c1-52(2,3)37-22-25-40-43(28-37)64-49(58)34-16-14-33(15-17-34)48(57)63-42-27-24-39(54(7,8)9)30-45(42)66-51(60)36-20-18-35(19-21-36)50(59)65-44-29-38(53(4,5)6)23-26-41(44)62-47(56)32-12-10-31(11-13-32)46(55)61-40/h10-30H,1-9H3. The Labute approximate surface area is 405 Å². The maximum Gasteiger partial charge on any atom is 0.240 e. The van der Waals surface area contributed by atoms with Crippen LogP contribution in [-0.2, 0) is 16.2 Å². The number of fused-ring (bicyclic) bond motifs is 3. The smallest absolute Gasteiger partial charge is 0.240 e. The molecule has 0 saturated heterocycles. The first kappa shape index (κ1) is 48.6. The Hall–Kier alpha value is -5.34. The van der Waals surface area contributed by atoms with E-state index in [-0.39, 0.29) is 44.7 Å². The van der Waals surface area contributed by atoms with Gasteiger partial charge in [-0.25, -0.2) is 0 Å². The maximum absolute atomic E-state index is 13.9. The van der Waals surface area contributed by atoms with Crippen LogP contribution in [0.1, 0.15) is 79.0 Å². The highest BCUT2D eigenvalue weighted by Crippen LogP contribution is 2.30. The Balaban J connectivity index is 1.59. The van der Waals surface area contributed by atoms with Gasteiger partial charge in [0, 0.05) is 60.5 Å². The lowest BCUT2D eigenvalue weighted by atomic mass is 9.87. The van der Waals surface area contributed by atoms with Gasteiger partial charge in [-0.15, -0.1) is 0 Å². The van der Waals surface area contributed by atoms with Crippen LogP contribution in [0.5, 0.6) is 0 Å². The molecule has 0 amide bonds. The van der Waals surface area contributed by atoms with Gasteiger partial charge in [0.1, 0.15) is 0 Å². The normalized spacial score (nSPS) is 11.8. The van der Waals surface area contributed by atoms with Crippen LogP contribution in [0.25, 0.3) is 60.5 Å². The van der Waals surface area contributed by atoms with Gasteiger partial charge in [-0.2, -0.15) is 0 Å². The Morgan fingerprint density at radius 1 is 0.242 bits per heavy atom. The van der Waals surface area contributed by atoms with Crippen molar-refractivity contribution >= 4 is 129 Å². The van der Waals surface area contributed by atoms with Crippen molar-refractivity contribution in [2.24, 2.45) is 0 Å². The second-order valence-electron chi connectivity index (χ2n) is 18.8. The fourth-order valence-electron chi connectivity index (χ4n) is 6.60. The molecule has 0 fully saturated rings. The average Bonchev–Trinajstić information content (AvgIpc) is 3.26. The zero-order valence-electron chi connectivity index (χ0n) is 38.0. The van der Waals surface area contributed by atoms with Gasteiger partial charge < -0.3 is 0 Å². The van der Waals surface area contributed by atoms with Crippen molar-refractivity contribution in [2.75, 3.05) is 0 Å². The first-order valence-electron chi connectivity index (χ1n) is 21.1. The van der Waals surface area contributed by atoms with Gasteiger partial charge in [-0.05, 0) is 142 Å². The van der Waals surface area contributed by atoms with E-state index in [1.807, 2.05) is 54.6 Å². The fraction of sp³-hybridized carbons (Fsp3) is 0.222. The zero-order valence-corrected chi connectivity index (χ0v) is 42.9. The van der Waals surface area contributed by atoms with Crippen molar-refractivity contribution in [3.8, 4) is 0 Å². The third kappa shape index (κ3) is 11.6. The van der Waals surface area contributed by atoms with Crippen molar-refractivity contribution in [2.45, 2.75) is 78.6 Å². The highest BCUT2D eigenvalue weighted by atomic mass is 32.1. The molecule has 10 aromatic rings. The molecule has 0 spiro atoms. The van der Waals surface area contributed by atoms with Crippen LogP contribution in [0.2, 0.25) is 0 Å². The summed E-state index contributed by atoms with van der Waals surface area (Å²) in [5, 5.41) is 2.35. The molecule has 0 saturated carbocycles. The first-order valence-corrected chi connectivity index (χ1v) is 26.0. The van der Waals surface area contributed by atoms with Crippen LogP contribution in [0.3, 0.4) is 0 Å². The summed E-state index contributed by atoms with van der Waals surface area (Å²) in [5.41, 5.74) is 2.31. The van der Waals surface area contributed by atoms with E-state index in [2.05, 4.69) is 62.3 Å². The monoisotopic (exact) mass is 984 g/mol. The second-order valence-corrected chi connectivity index (χ2v) is 24.9. The van der Waals surface area contributed by atoms with E-state index in [0.717, 1.165) is 84.7 Å². The third-order valence-corrected chi connectivity index (χ3v) is 17.0. The van der Waals surface area contributed by atoms with E-state index < -0.39 is 0 Å². The van der Waals surface area contributed by atoms with E-state index in [4.69, 9.17) is 0 Å². The van der Waals surface area contributed by atoms with Crippen molar-refractivity contribution in [1.82, 2.24) is 0 Å². The topological polar surface area (TPSA) is 102 Å². The van der Waals surface area contributed by atoms with Gasteiger partial charge in [0.15, 0.2) is 0 Å². The van der Waals surface area contributed by atoms with Crippen molar-refractivity contribution in [1.29, 1.82) is 0 Å². The van der Waals surface area contributed by atoms with E-state index in [1.54, 1.807) is 72.8 Å². The zero-order chi connectivity index (χ0) is 47.7. The summed E-state index contributed by atoms with van der Waals surface area (Å²) in [7, 11) is 0. The van der Waals surface area contributed by atoms with Crippen LogP contribution in [-0.4, -0.2) is 0 Å². The van der Waals surface area contributed by atoms with Gasteiger partial charge >= 0.3 is 0 Å². The molecule has 4 aromatic heterocycles. The summed E-state index contributed by atoms with van der Waals surface area (Å²) in [6.45, 7) is 18.7. The molecule has 12 heteroatoms. The fourth-order valence-corrected chi connectivity index (χ4v) is 12.0. The molecule has 0 N–H and O–H groups in total. The maximum atomic E-state index is 13.9. The molecule has 66 heavy (non-hydrogen) atoms. The van der Waals surface area contributed by atoms with Crippen LogP contribution in [0.4, 0.5) is 0 Å². The minimum atomic E-state index is -0.249. The van der Waals surface area contributed by atoms with Gasteiger partial charge in [0.25, 0.3) is 0 Å². The average molecular weight is 985 g/mol. The summed E-state index contributed by atoms with van der Waals surface area (Å²) >= 11 is 6.12. The van der Waals surface area contributed by atoms with Crippen LogP contribution < -0.4 is 28.5 Å². The van der Waals surface area contributed by atoms with Crippen LogP contribution >= 0.6 is 68.0 Å². The summed E-state index contributed by atoms with van der Waals surface area (Å²) in [5.74, 6) is 0. The molecule has 0 atom stereocenters. The van der Waals surface area contributed by atoms with Crippen LogP contribution in [0.15, 0.2) is 156 Å². The predicted octanol–water partition coefficient (Wildman–Crippen LogP) is 14.1. The second kappa shape index (κ2) is 19.5. The minimum absolute atomic E-state index is 0.227. The van der Waals surface area contributed by atoms with Crippen molar-refractivity contribution in [3.63, 3.8) is 0 Å². The minimum Gasteiger partial charge on any atom is -0.277 e. The molecule has 6 bridgehead atoms. The molecule has 6 aromatic carbocycles. The molecule has 336 valence electrons. The molecule has 4 heterocycles. The Morgan fingerprint density at radius 2 is 0.409 bits per heavy atom. The summed E-state index contributed by atoms with van der Waals surface area (Å²) in [6.07, 6.45) is 0. The first-order chi connectivity index (χ1) is 31.0. The van der Waals surface area contributed by atoms with Gasteiger partial charge in [-0.1, -0.05) is 149 Å². The molecule has 0 aliphatic rings. The summed E-state index contributed by atoms with van der Waals surface area (Å²) in [4.78, 5) is 83.1. The predicted molar refractivity (Wildman–Crippen MR) is 292 cm³/mol. The van der Waals surface area contributed by atoms with Crippen molar-refractivity contribution < 1.29 is 0 Å². The highest BCUT2D eigenvalue weighted by molar-refractivity contribution is 7.24.